The average Bonchev–Trinajstić information content (AvgIpc) is 2.70. The van der Waals surface area contributed by atoms with E-state index in [1.807, 2.05) is 0 Å². The lowest BCUT2D eigenvalue weighted by Gasteiger charge is -2.20. The van der Waals surface area contributed by atoms with Gasteiger partial charge in [-0.15, -0.1) is 0 Å². The van der Waals surface area contributed by atoms with Crippen molar-refractivity contribution < 1.29 is 9.72 Å². The second kappa shape index (κ2) is 5.91. The molecule has 5 nitrogen and oxygen atoms in total. The number of amides is 1. The van der Waals surface area contributed by atoms with Gasteiger partial charge in [0.05, 0.1) is 10.5 Å². The van der Waals surface area contributed by atoms with Crippen LogP contribution in [0.15, 0.2) is 22.7 Å². The molecular weight excluding hydrogens is 324 g/mol. The molecule has 20 heavy (non-hydrogen) atoms. The fourth-order valence-corrected chi connectivity index (χ4v) is 3.24. The minimum absolute atomic E-state index is 0.0921. The van der Waals surface area contributed by atoms with Gasteiger partial charge in [0.25, 0.3) is 11.6 Å². The van der Waals surface area contributed by atoms with Crippen molar-refractivity contribution in [1.29, 1.82) is 0 Å². The van der Waals surface area contributed by atoms with Crippen molar-refractivity contribution in [2.45, 2.75) is 32.7 Å². The molecule has 0 bridgehead atoms. The molecule has 1 saturated carbocycles. The predicted octanol–water partition coefficient (Wildman–Crippen LogP) is 3.52. The van der Waals surface area contributed by atoms with Crippen molar-refractivity contribution in [3.63, 3.8) is 0 Å². The molecule has 108 valence electrons. The van der Waals surface area contributed by atoms with Gasteiger partial charge in [0.2, 0.25) is 0 Å². The van der Waals surface area contributed by atoms with Gasteiger partial charge < -0.3 is 5.32 Å². The second-order valence-corrected chi connectivity index (χ2v) is 6.18. The number of hydrogen-bond donors (Lipinski definition) is 1. The van der Waals surface area contributed by atoms with Crippen LogP contribution in [0.3, 0.4) is 0 Å². The molecule has 6 heteroatoms. The van der Waals surface area contributed by atoms with Crippen molar-refractivity contribution in [2.75, 3.05) is 0 Å². The molecule has 1 aliphatic carbocycles. The Morgan fingerprint density at radius 2 is 2.10 bits per heavy atom. The van der Waals surface area contributed by atoms with E-state index in [1.54, 1.807) is 6.07 Å². The van der Waals surface area contributed by atoms with E-state index in [2.05, 4.69) is 35.1 Å². The van der Waals surface area contributed by atoms with Crippen LogP contribution in [0.25, 0.3) is 0 Å². The Balaban J connectivity index is 2.18. The maximum Gasteiger partial charge on any atom is 0.284 e. The van der Waals surface area contributed by atoms with Crippen LogP contribution < -0.4 is 5.32 Å². The van der Waals surface area contributed by atoms with Gasteiger partial charge in [-0.2, -0.15) is 0 Å². The lowest BCUT2D eigenvalue weighted by molar-refractivity contribution is -0.385. The van der Waals surface area contributed by atoms with Crippen molar-refractivity contribution in [1.82, 2.24) is 5.32 Å². The first-order valence-electron chi connectivity index (χ1n) is 6.65. The third kappa shape index (κ3) is 2.85. The summed E-state index contributed by atoms with van der Waals surface area (Å²) >= 11 is 3.16. The number of benzene rings is 1. The molecule has 0 saturated heterocycles. The molecule has 0 heterocycles. The first-order valence-corrected chi connectivity index (χ1v) is 7.45. The largest absolute Gasteiger partial charge is 0.349 e. The lowest BCUT2D eigenvalue weighted by Crippen LogP contribution is -2.37. The summed E-state index contributed by atoms with van der Waals surface area (Å²) in [5.74, 6) is 0.761. The van der Waals surface area contributed by atoms with Crippen molar-refractivity contribution >= 4 is 27.5 Å². The number of nitrogens with zero attached hydrogens (tertiary/aromatic N) is 1. The standard InChI is InChI=1S/C14H17BrN2O3/c1-8-6-7-11(9(8)2)16-14(18)10-4-3-5-12(13(10)15)17(19)20/h3-5,8-9,11H,6-7H2,1-2H3,(H,16,18). The molecule has 0 aliphatic heterocycles. The highest BCUT2D eigenvalue weighted by atomic mass is 79.9. The van der Waals surface area contributed by atoms with E-state index in [0.717, 1.165) is 12.8 Å². The summed E-state index contributed by atoms with van der Waals surface area (Å²) in [5, 5.41) is 13.9. The van der Waals surface area contributed by atoms with Gasteiger partial charge in [-0.1, -0.05) is 19.9 Å². The van der Waals surface area contributed by atoms with Gasteiger partial charge in [-0.05, 0) is 46.7 Å². The summed E-state index contributed by atoms with van der Waals surface area (Å²) in [6, 6.07) is 4.64. The zero-order valence-electron chi connectivity index (χ0n) is 11.4. The Bertz CT molecular complexity index is 547. The maximum absolute atomic E-state index is 12.3. The Morgan fingerprint density at radius 3 is 2.65 bits per heavy atom. The first-order chi connectivity index (χ1) is 9.41. The zero-order chi connectivity index (χ0) is 14.9. The molecule has 3 atom stereocenters. The fraction of sp³-hybridized carbons (Fsp3) is 0.500. The van der Waals surface area contributed by atoms with Crippen LogP contribution in [-0.4, -0.2) is 16.9 Å². The molecule has 2 rings (SSSR count). The zero-order valence-corrected chi connectivity index (χ0v) is 13.0. The molecule has 1 aromatic carbocycles. The Kier molecular flexibility index (Phi) is 4.42. The minimum Gasteiger partial charge on any atom is -0.349 e. The smallest absolute Gasteiger partial charge is 0.284 e. The Hall–Kier alpha value is -1.43. The monoisotopic (exact) mass is 340 g/mol. The number of carbonyl (C=O) groups is 1. The number of rotatable bonds is 3. The molecule has 1 aliphatic rings. The summed E-state index contributed by atoms with van der Waals surface area (Å²) in [7, 11) is 0. The van der Waals surface area contributed by atoms with E-state index in [0.29, 0.717) is 17.4 Å². The second-order valence-electron chi connectivity index (χ2n) is 5.39. The van der Waals surface area contributed by atoms with Gasteiger partial charge in [0.1, 0.15) is 4.47 Å². The summed E-state index contributed by atoms with van der Waals surface area (Å²) in [6.45, 7) is 4.31. The number of halogens is 1. The van der Waals surface area contributed by atoms with Crippen LogP contribution in [0.2, 0.25) is 0 Å². The average molecular weight is 341 g/mol. The van der Waals surface area contributed by atoms with Crippen molar-refractivity contribution in [3.05, 3.63) is 38.3 Å². The van der Waals surface area contributed by atoms with E-state index < -0.39 is 4.92 Å². The molecule has 0 spiro atoms. The highest BCUT2D eigenvalue weighted by molar-refractivity contribution is 9.10. The van der Waals surface area contributed by atoms with Crippen LogP contribution >= 0.6 is 15.9 Å². The number of nitrogens with one attached hydrogen (secondary N) is 1. The molecule has 1 amide bonds. The van der Waals surface area contributed by atoms with Crippen LogP contribution in [0.5, 0.6) is 0 Å². The third-order valence-corrected chi connectivity index (χ3v) is 5.03. The Labute approximate surface area is 126 Å². The van der Waals surface area contributed by atoms with E-state index in [4.69, 9.17) is 0 Å². The van der Waals surface area contributed by atoms with Crippen LogP contribution in [-0.2, 0) is 0 Å². The molecule has 0 aromatic heterocycles. The molecule has 3 unspecified atom stereocenters. The molecular formula is C14H17BrN2O3. The number of hydrogen-bond acceptors (Lipinski definition) is 3. The van der Waals surface area contributed by atoms with Gasteiger partial charge in [0.15, 0.2) is 0 Å². The number of carbonyl (C=O) groups excluding carboxylic acids is 1. The van der Waals surface area contributed by atoms with Gasteiger partial charge in [-0.3, -0.25) is 14.9 Å². The highest BCUT2D eigenvalue weighted by Crippen LogP contribution is 2.32. The quantitative estimate of drug-likeness (QED) is 0.675. The first kappa shape index (κ1) is 15.0. The summed E-state index contributed by atoms with van der Waals surface area (Å²) < 4.78 is 0.237. The van der Waals surface area contributed by atoms with Crippen LogP contribution in [0.1, 0.15) is 37.0 Å². The van der Waals surface area contributed by atoms with Crippen molar-refractivity contribution in [2.24, 2.45) is 11.8 Å². The van der Waals surface area contributed by atoms with Gasteiger partial charge in [0, 0.05) is 12.1 Å². The van der Waals surface area contributed by atoms with E-state index >= 15 is 0 Å². The number of nitro benzene ring substituents is 1. The number of nitro groups is 1. The summed E-state index contributed by atoms with van der Waals surface area (Å²) in [4.78, 5) is 22.7. The molecule has 1 fully saturated rings. The third-order valence-electron chi connectivity index (χ3n) is 4.20. The van der Waals surface area contributed by atoms with E-state index in [1.165, 1.54) is 12.1 Å². The van der Waals surface area contributed by atoms with Gasteiger partial charge in [-0.25, -0.2) is 0 Å². The molecule has 1 aromatic rings. The summed E-state index contributed by atoms with van der Waals surface area (Å²) in [6.07, 6.45) is 2.06. The van der Waals surface area contributed by atoms with E-state index in [9.17, 15) is 14.9 Å². The van der Waals surface area contributed by atoms with E-state index in [-0.39, 0.29) is 22.1 Å². The summed E-state index contributed by atoms with van der Waals surface area (Å²) in [5.41, 5.74) is 0.219. The highest BCUT2D eigenvalue weighted by Gasteiger charge is 2.31. The topological polar surface area (TPSA) is 72.2 Å². The van der Waals surface area contributed by atoms with Crippen LogP contribution in [0, 0.1) is 22.0 Å². The van der Waals surface area contributed by atoms with Gasteiger partial charge >= 0.3 is 0 Å². The normalized spacial score (nSPS) is 25.4. The SMILES string of the molecule is CC1CCC(NC(=O)c2cccc([N+](=O)[O-])c2Br)C1C. The van der Waals surface area contributed by atoms with Crippen LogP contribution in [0.4, 0.5) is 5.69 Å². The Morgan fingerprint density at radius 1 is 1.40 bits per heavy atom. The predicted molar refractivity (Wildman–Crippen MR) is 79.6 cm³/mol. The fourth-order valence-electron chi connectivity index (χ4n) is 2.65. The van der Waals surface area contributed by atoms with Crippen molar-refractivity contribution in [3.8, 4) is 0 Å². The molecule has 0 radical (unpaired) electrons. The minimum atomic E-state index is -0.499. The maximum atomic E-state index is 12.3. The molecule has 1 N–H and O–H groups in total. The lowest BCUT2D eigenvalue weighted by atomic mass is 9.97.